The third kappa shape index (κ3) is 4.90. The Morgan fingerprint density at radius 1 is 1.05 bits per heavy atom. The number of hydrogen-bond donors (Lipinski definition) is 1. The average Bonchev–Trinajstić information content (AvgIpc) is 3.50. The van der Waals surface area contributed by atoms with E-state index in [1.807, 2.05) is 25.1 Å². The number of carbonyl (C=O) groups excluding carboxylic acids is 1. The third-order valence-electron chi connectivity index (χ3n) is 8.00. The minimum absolute atomic E-state index is 0.0581. The van der Waals surface area contributed by atoms with Crippen LogP contribution in [0.3, 0.4) is 0 Å². The molecule has 3 aromatic heterocycles. The number of imidazole rings is 1. The Morgan fingerprint density at radius 3 is 2.42 bits per heavy atom. The lowest BCUT2D eigenvalue weighted by molar-refractivity contribution is -0.0856. The number of anilines is 1. The van der Waals surface area contributed by atoms with Crippen molar-refractivity contribution < 1.29 is 14.3 Å². The van der Waals surface area contributed by atoms with Gasteiger partial charge in [-0.05, 0) is 39.7 Å². The van der Waals surface area contributed by atoms with Crippen LogP contribution in [-0.2, 0) is 16.5 Å². The van der Waals surface area contributed by atoms with E-state index in [4.69, 9.17) is 19.4 Å². The monoisotopic (exact) mass is 522 g/mol. The number of H-pyrrole nitrogens is 1. The summed E-state index contributed by atoms with van der Waals surface area (Å²) in [5.74, 6) is 0.298. The highest BCUT2D eigenvalue weighted by Gasteiger charge is 2.33. The van der Waals surface area contributed by atoms with Crippen LogP contribution in [0.1, 0.15) is 43.0 Å². The Morgan fingerprint density at radius 2 is 1.76 bits per heavy atom. The molecule has 3 aliphatic heterocycles. The molecule has 6 rings (SSSR count). The molecule has 0 spiro atoms. The summed E-state index contributed by atoms with van der Waals surface area (Å²) in [5, 5.41) is 4.50. The molecule has 3 aliphatic rings. The second kappa shape index (κ2) is 10.3. The number of pyridine rings is 1. The maximum Gasteiger partial charge on any atom is 0.289 e. The summed E-state index contributed by atoms with van der Waals surface area (Å²) in [5.41, 5.74) is 5.04. The van der Waals surface area contributed by atoms with Crippen LogP contribution < -0.4 is 4.90 Å². The number of morpholine rings is 2. The molecule has 3 fully saturated rings. The van der Waals surface area contributed by atoms with Crippen molar-refractivity contribution in [3.63, 3.8) is 0 Å². The second-order valence-corrected chi connectivity index (χ2v) is 10.9. The van der Waals surface area contributed by atoms with Crippen LogP contribution in [0.4, 0.5) is 5.69 Å². The van der Waals surface area contributed by atoms with Gasteiger partial charge in [0.2, 0.25) is 0 Å². The van der Waals surface area contributed by atoms with Crippen LogP contribution in [0.5, 0.6) is 0 Å². The summed E-state index contributed by atoms with van der Waals surface area (Å²) in [6.07, 6.45) is 4.41. The van der Waals surface area contributed by atoms with E-state index in [0.29, 0.717) is 30.7 Å². The Bertz CT molecular complexity index is 1300. The maximum absolute atomic E-state index is 13.6. The van der Waals surface area contributed by atoms with Crippen LogP contribution in [0.15, 0.2) is 12.3 Å². The number of nitrogens with zero attached hydrogens (tertiary/aromatic N) is 7. The van der Waals surface area contributed by atoms with E-state index in [-0.39, 0.29) is 18.1 Å². The van der Waals surface area contributed by atoms with Gasteiger partial charge < -0.3 is 24.3 Å². The number of ether oxygens (including phenoxy) is 2. The fourth-order valence-electron chi connectivity index (χ4n) is 6.22. The lowest BCUT2D eigenvalue weighted by Crippen LogP contribution is -2.53. The first-order chi connectivity index (χ1) is 18.4. The van der Waals surface area contributed by atoms with Crippen molar-refractivity contribution in [1.29, 1.82) is 0 Å². The molecule has 38 heavy (non-hydrogen) atoms. The molecule has 2 atom stereocenters. The van der Waals surface area contributed by atoms with E-state index < -0.39 is 0 Å². The summed E-state index contributed by atoms with van der Waals surface area (Å²) in [6.45, 7) is 12.5. The van der Waals surface area contributed by atoms with Crippen LogP contribution in [0, 0.1) is 6.92 Å². The zero-order valence-electron chi connectivity index (χ0n) is 22.8. The zero-order chi connectivity index (χ0) is 26.4. The lowest BCUT2D eigenvalue weighted by Gasteiger charge is -2.43. The average molecular weight is 523 g/mol. The van der Waals surface area contributed by atoms with Crippen molar-refractivity contribution in [3.8, 4) is 11.3 Å². The number of aromatic nitrogens is 5. The summed E-state index contributed by atoms with van der Waals surface area (Å²) >= 11 is 0. The summed E-state index contributed by atoms with van der Waals surface area (Å²) in [4.78, 5) is 33.3. The molecule has 11 nitrogen and oxygen atoms in total. The van der Waals surface area contributed by atoms with Gasteiger partial charge in [-0.1, -0.05) is 0 Å². The van der Waals surface area contributed by atoms with E-state index in [1.165, 1.54) is 0 Å². The fraction of sp³-hybridized carbons (Fsp3) is 0.630. The van der Waals surface area contributed by atoms with Crippen LogP contribution >= 0.6 is 0 Å². The van der Waals surface area contributed by atoms with Gasteiger partial charge in [0.1, 0.15) is 5.52 Å². The van der Waals surface area contributed by atoms with Gasteiger partial charge in [0, 0.05) is 64.1 Å². The van der Waals surface area contributed by atoms with Gasteiger partial charge in [0.25, 0.3) is 5.91 Å². The minimum Gasteiger partial charge on any atom is -0.378 e. The number of nitrogens with one attached hydrogen (secondary N) is 1. The van der Waals surface area contributed by atoms with E-state index in [0.717, 1.165) is 80.3 Å². The number of fused-ring (bicyclic) bond motifs is 1. The van der Waals surface area contributed by atoms with Crippen LogP contribution in [-0.4, -0.2) is 111 Å². The van der Waals surface area contributed by atoms with E-state index in [9.17, 15) is 4.79 Å². The van der Waals surface area contributed by atoms with Gasteiger partial charge >= 0.3 is 0 Å². The number of aromatic amines is 1. The first kappa shape index (κ1) is 25.3. The summed E-state index contributed by atoms with van der Waals surface area (Å²) in [6, 6.07) is 2.57. The van der Waals surface area contributed by atoms with E-state index in [2.05, 4.69) is 39.8 Å². The number of aryl methyl sites for hydroxylation is 2. The number of rotatable bonds is 4. The van der Waals surface area contributed by atoms with Crippen molar-refractivity contribution in [2.45, 2.75) is 51.9 Å². The summed E-state index contributed by atoms with van der Waals surface area (Å²) < 4.78 is 13.3. The smallest absolute Gasteiger partial charge is 0.289 e. The van der Waals surface area contributed by atoms with E-state index in [1.54, 1.807) is 4.68 Å². The molecule has 3 saturated heterocycles. The molecule has 0 aromatic carbocycles. The van der Waals surface area contributed by atoms with Gasteiger partial charge in [-0.25, -0.2) is 9.97 Å². The third-order valence-corrected chi connectivity index (χ3v) is 8.00. The molecule has 204 valence electrons. The van der Waals surface area contributed by atoms with Crippen LogP contribution in [0.25, 0.3) is 22.4 Å². The molecule has 3 aromatic rings. The number of piperidine rings is 1. The van der Waals surface area contributed by atoms with Gasteiger partial charge in [-0.2, -0.15) is 5.10 Å². The van der Waals surface area contributed by atoms with Gasteiger partial charge in [0.15, 0.2) is 11.5 Å². The Balaban J connectivity index is 1.25. The van der Waals surface area contributed by atoms with Crippen molar-refractivity contribution in [1.82, 2.24) is 34.5 Å². The molecule has 0 bridgehead atoms. The van der Waals surface area contributed by atoms with Gasteiger partial charge in [-0.3, -0.25) is 14.4 Å². The Labute approximate surface area is 223 Å². The highest BCUT2D eigenvalue weighted by atomic mass is 16.5. The standard InChI is InChI=1S/C27H38N8O3/c1-17-14-35(15-18(2)38-17)20-5-7-34(8-6-20)27(36)26-29-24-23(33-9-11-37-12-10-33)13-22(28-25(24)30-26)21-16-32(4)31-19(21)3/h13,16-18,20H,5-12,14-15H2,1-4H3,(H,28,29,30). The first-order valence-electron chi connectivity index (χ1n) is 13.8. The van der Waals surface area contributed by atoms with Crippen molar-refractivity contribution in [2.24, 2.45) is 7.05 Å². The number of likely N-dealkylation sites (tertiary alicyclic amines) is 1. The molecule has 0 aliphatic carbocycles. The molecule has 0 radical (unpaired) electrons. The minimum atomic E-state index is -0.0581. The molecule has 11 heteroatoms. The highest BCUT2D eigenvalue weighted by Crippen LogP contribution is 2.32. The predicted octanol–water partition coefficient (Wildman–Crippen LogP) is 2.22. The van der Waals surface area contributed by atoms with Crippen molar-refractivity contribution in [3.05, 3.63) is 23.8 Å². The Hall–Kier alpha value is -3.02. The number of hydrogen-bond acceptors (Lipinski definition) is 8. The number of carbonyl (C=O) groups is 1. The lowest BCUT2D eigenvalue weighted by atomic mass is 10.0. The van der Waals surface area contributed by atoms with Crippen LogP contribution in [0.2, 0.25) is 0 Å². The second-order valence-electron chi connectivity index (χ2n) is 10.9. The molecule has 2 unspecified atom stereocenters. The zero-order valence-corrected chi connectivity index (χ0v) is 22.8. The predicted molar refractivity (Wildman–Crippen MR) is 144 cm³/mol. The Kier molecular flexibility index (Phi) is 6.83. The van der Waals surface area contributed by atoms with Crippen molar-refractivity contribution in [2.75, 3.05) is 57.4 Å². The quantitative estimate of drug-likeness (QED) is 0.556. The molecular weight excluding hydrogens is 484 g/mol. The number of amides is 1. The molecule has 1 N–H and O–H groups in total. The molecule has 6 heterocycles. The largest absolute Gasteiger partial charge is 0.378 e. The molecule has 1 amide bonds. The summed E-state index contributed by atoms with van der Waals surface area (Å²) in [7, 11) is 1.91. The molecule has 0 saturated carbocycles. The molecular formula is C27H38N8O3. The van der Waals surface area contributed by atoms with Gasteiger partial charge in [-0.15, -0.1) is 0 Å². The first-order valence-corrected chi connectivity index (χ1v) is 13.8. The van der Waals surface area contributed by atoms with E-state index >= 15 is 0 Å². The van der Waals surface area contributed by atoms with Gasteiger partial charge in [0.05, 0.1) is 42.5 Å². The topological polar surface area (TPSA) is 105 Å². The normalized spacial score (nSPS) is 23.9. The SMILES string of the molecule is Cc1nn(C)cc1-c1cc(N2CCOCC2)c2[nH]c(C(=O)N3CCC(N4CC(C)OC(C)C4)CC3)nc2n1. The fourth-order valence-corrected chi connectivity index (χ4v) is 6.22. The van der Waals surface area contributed by atoms with Crippen molar-refractivity contribution >= 4 is 22.8 Å². The maximum atomic E-state index is 13.6. The highest BCUT2D eigenvalue weighted by molar-refractivity contribution is 5.97.